The van der Waals surface area contributed by atoms with Gasteiger partial charge in [-0.05, 0) is 129 Å². The van der Waals surface area contributed by atoms with Crippen LogP contribution < -0.4 is 11.5 Å². The van der Waals surface area contributed by atoms with E-state index in [9.17, 15) is 0 Å². The molecule has 0 aromatic heterocycles. The van der Waals surface area contributed by atoms with Crippen LogP contribution in [0.4, 0.5) is 0 Å². The van der Waals surface area contributed by atoms with Gasteiger partial charge in [0.2, 0.25) is 0 Å². The van der Waals surface area contributed by atoms with Crippen molar-refractivity contribution in [2.24, 2.45) is 23.3 Å². The smallest absolute Gasteiger partial charge is 0.0315 e. The molecule has 4 atom stereocenters. The van der Waals surface area contributed by atoms with Crippen LogP contribution in [0.5, 0.6) is 0 Å². The maximum absolute atomic E-state index is 7.01. The molecule has 0 amide bonds. The van der Waals surface area contributed by atoms with Crippen molar-refractivity contribution < 1.29 is 0 Å². The summed E-state index contributed by atoms with van der Waals surface area (Å²) in [5, 5.41) is 0. The summed E-state index contributed by atoms with van der Waals surface area (Å²) in [4.78, 5) is 0. The highest BCUT2D eigenvalue weighted by Gasteiger charge is 2.21. The van der Waals surface area contributed by atoms with Crippen molar-refractivity contribution in [2.45, 2.75) is 57.3 Å². The minimum Gasteiger partial charge on any atom is -0.404 e. The molecule has 0 spiro atoms. The molecule has 314 valence electrons. The van der Waals surface area contributed by atoms with Crippen LogP contribution in [0.3, 0.4) is 0 Å². The number of rotatable bonds is 15. The monoisotopic (exact) mass is 820 g/mol. The van der Waals surface area contributed by atoms with Crippen LogP contribution in [0.15, 0.2) is 242 Å². The van der Waals surface area contributed by atoms with Crippen molar-refractivity contribution in [2.75, 3.05) is 0 Å². The van der Waals surface area contributed by atoms with Gasteiger partial charge in [0, 0.05) is 17.5 Å². The van der Waals surface area contributed by atoms with E-state index in [1.54, 1.807) is 6.20 Å². The van der Waals surface area contributed by atoms with E-state index >= 15 is 0 Å². The van der Waals surface area contributed by atoms with Gasteiger partial charge in [0.25, 0.3) is 0 Å². The van der Waals surface area contributed by atoms with E-state index in [1.807, 2.05) is 0 Å². The normalized spacial score (nSPS) is 18.9. The van der Waals surface area contributed by atoms with Crippen LogP contribution in [0, 0.1) is 11.8 Å². The summed E-state index contributed by atoms with van der Waals surface area (Å²) >= 11 is 0. The third-order valence-corrected chi connectivity index (χ3v) is 13.0. The number of hydrogen-bond donors (Lipinski definition) is 2. The molecule has 0 bridgehead atoms. The first-order valence-electron chi connectivity index (χ1n) is 22.7. The van der Waals surface area contributed by atoms with Crippen LogP contribution in [-0.4, -0.2) is 0 Å². The molecular weight excluding hydrogens is 761 g/mol. The van der Waals surface area contributed by atoms with E-state index in [0.717, 1.165) is 55.4 Å². The Morgan fingerprint density at radius 1 is 0.698 bits per heavy atom. The van der Waals surface area contributed by atoms with E-state index in [0.29, 0.717) is 11.8 Å². The number of hydrogen-bond acceptors (Lipinski definition) is 2. The molecule has 0 fully saturated rings. The maximum Gasteiger partial charge on any atom is 0.0315 e. The first-order valence-corrected chi connectivity index (χ1v) is 22.7. The van der Waals surface area contributed by atoms with Crippen molar-refractivity contribution in [1.29, 1.82) is 0 Å². The Morgan fingerprint density at radius 3 is 1.97 bits per heavy atom. The van der Waals surface area contributed by atoms with Crippen molar-refractivity contribution in [1.82, 2.24) is 0 Å². The summed E-state index contributed by atoms with van der Waals surface area (Å²) < 4.78 is 0. The average Bonchev–Trinajstić information content (AvgIpc) is 3.35. The fraction of sp³-hybridized carbons (Fsp3) is 0.180. The summed E-state index contributed by atoms with van der Waals surface area (Å²) in [5.41, 5.74) is 30.3. The zero-order valence-electron chi connectivity index (χ0n) is 36.6. The van der Waals surface area contributed by atoms with Crippen LogP contribution >= 0.6 is 0 Å². The quantitative estimate of drug-likeness (QED) is 0.0816. The Bertz CT molecular complexity index is 2630. The second kappa shape index (κ2) is 20.8. The summed E-state index contributed by atoms with van der Waals surface area (Å²) in [7, 11) is 0. The Kier molecular flexibility index (Phi) is 14.1. The molecule has 0 radical (unpaired) electrons. The summed E-state index contributed by atoms with van der Waals surface area (Å²) in [6, 6.07) is 50.0. The van der Waals surface area contributed by atoms with Gasteiger partial charge < -0.3 is 11.5 Å². The molecule has 3 aliphatic carbocycles. The SMILES string of the molecule is C=C(C[C@@H](C)c1ccc(-c2ccccc2)cc1)C(/C=C(\N)C1=CC=C(c2ccccc2)CC1)c1ccc(C2=CCC(C(=C/N)/C=C(\CC3C=CC=CC3)c3ccccc3)C=C2)cc1. The molecule has 0 saturated heterocycles. The Morgan fingerprint density at radius 2 is 1.35 bits per heavy atom. The van der Waals surface area contributed by atoms with Crippen molar-refractivity contribution in [3.8, 4) is 11.1 Å². The molecule has 0 aliphatic heterocycles. The van der Waals surface area contributed by atoms with Gasteiger partial charge in [-0.15, -0.1) is 0 Å². The molecule has 4 N–H and O–H groups in total. The molecule has 0 saturated carbocycles. The zero-order valence-corrected chi connectivity index (χ0v) is 36.6. The fourth-order valence-corrected chi connectivity index (χ4v) is 9.20. The molecule has 5 aromatic rings. The average molecular weight is 821 g/mol. The minimum atomic E-state index is -0.0336. The van der Waals surface area contributed by atoms with Gasteiger partial charge in [0.1, 0.15) is 0 Å². The largest absolute Gasteiger partial charge is 0.404 e. The topological polar surface area (TPSA) is 52.0 Å². The van der Waals surface area contributed by atoms with Crippen molar-refractivity contribution in [3.63, 3.8) is 0 Å². The van der Waals surface area contributed by atoms with E-state index in [-0.39, 0.29) is 11.8 Å². The van der Waals surface area contributed by atoms with Crippen molar-refractivity contribution >= 4 is 16.7 Å². The lowest BCUT2D eigenvalue weighted by atomic mass is 9.82. The summed E-state index contributed by atoms with van der Waals surface area (Å²) in [6.07, 6.45) is 32.3. The predicted molar refractivity (Wildman–Crippen MR) is 270 cm³/mol. The number of benzene rings is 5. The van der Waals surface area contributed by atoms with Crippen LogP contribution in [0.2, 0.25) is 0 Å². The predicted octanol–water partition coefficient (Wildman–Crippen LogP) is 15.2. The zero-order chi connectivity index (χ0) is 43.4. The highest BCUT2D eigenvalue weighted by atomic mass is 14.6. The van der Waals surface area contributed by atoms with Gasteiger partial charge in [-0.25, -0.2) is 0 Å². The van der Waals surface area contributed by atoms with Gasteiger partial charge in [-0.1, -0.05) is 219 Å². The molecule has 2 heteroatoms. The van der Waals surface area contributed by atoms with Gasteiger partial charge >= 0.3 is 0 Å². The molecule has 3 aliphatic rings. The summed E-state index contributed by atoms with van der Waals surface area (Å²) in [5.74, 6) is 0.954. The fourth-order valence-electron chi connectivity index (χ4n) is 9.20. The third kappa shape index (κ3) is 11.0. The summed E-state index contributed by atoms with van der Waals surface area (Å²) in [6.45, 7) is 7.05. The van der Waals surface area contributed by atoms with Gasteiger partial charge in [-0.2, -0.15) is 0 Å². The Hall–Kier alpha value is -6.90. The lowest BCUT2D eigenvalue weighted by Crippen LogP contribution is -2.10. The van der Waals surface area contributed by atoms with E-state index in [1.165, 1.54) is 61.2 Å². The maximum atomic E-state index is 7.01. The molecule has 3 unspecified atom stereocenters. The van der Waals surface area contributed by atoms with E-state index < -0.39 is 0 Å². The molecule has 8 rings (SSSR count). The van der Waals surface area contributed by atoms with Crippen molar-refractivity contribution in [3.05, 3.63) is 269 Å². The van der Waals surface area contributed by atoms with Gasteiger partial charge in [0.05, 0.1) is 0 Å². The number of nitrogens with two attached hydrogens (primary N) is 2. The van der Waals surface area contributed by atoms with Crippen LogP contribution in [-0.2, 0) is 0 Å². The molecule has 2 nitrogen and oxygen atoms in total. The third-order valence-electron chi connectivity index (χ3n) is 13.0. The molecule has 63 heavy (non-hydrogen) atoms. The second-order valence-corrected chi connectivity index (χ2v) is 17.3. The highest BCUT2D eigenvalue weighted by molar-refractivity contribution is 5.76. The first kappa shape index (κ1) is 42.8. The Labute approximate surface area is 376 Å². The molecular formula is C61H60N2. The molecule has 5 aromatic carbocycles. The lowest BCUT2D eigenvalue weighted by Gasteiger charge is -2.23. The first-order chi connectivity index (χ1) is 30.9. The second-order valence-electron chi connectivity index (χ2n) is 17.3. The van der Waals surface area contributed by atoms with Crippen LogP contribution in [0.1, 0.15) is 85.1 Å². The standard InChI is InChI=1S/C61H60N2/c1-44(47-23-25-51(26-24-47)48-17-9-4-10-18-48)39-45(2)60(42-61(63)57-37-33-52(34-38-57)49-19-11-5-12-20-49)56-35-31-54(32-36-56)53-27-29-55(30-28-53)59(43-62)41-58(50-21-13-6-14-22-50)40-46-15-7-3-8-16-46/h3-15,17-29,31-33,35-37,41-44,46,55,60H,2,16,30,34,38-40,62-63H2,1H3/b58-41+,59-43+,61-42-/t44-,46?,55?,60?/m1/s1. The number of allylic oxidation sites excluding steroid dienone is 17. The van der Waals surface area contributed by atoms with Gasteiger partial charge in [0.15, 0.2) is 0 Å². The van der Waals surface area contributed by atoms with Gasteiger partial charge in [-0.3, -0.25) is 0 Å². The lowest BCUT2D eigenvalue weighted by molar-refractivity contribution is 0.677. The highest BCUT2D eigenvalue weighted by Crippen LogP contribution is 2.38. The van der Waals surface area contributed by atoms with E-state index in [2.05, 4.69) is 213 Å². The van der Waals surface area contributed by atoms with E-state index in [4.69, 9.17) is 18.0 Å². The molecule has 0 heterocycles. The van der Waals surface area contributed by atoms with Crippen LogP contribution in [0.25, 0.3) is 27.8 Å². The Balaban J connectivity index is 1.01. The minimum absolute atomic E-state index is 0.0336.